The Hall–Kier alpha value is -1.09. The summed E-state index contributed by atoms with van der Waals surface area (Å²) in [5.74, 6) is 0.703. The van der Waals surface area contributed by atoms with E-state index in [2.05, 4.69) is 24.1 Å². The third-order valence-corrected chi connectivity index (χ3v) is 1.96. The minimum absolute atomic E-state index is 0.703. The van der Waals surface area contributed by atoms with Crippen LogP contribution < -0.4 is 11.1 Å². The molecule has 3 heteroatoms. The maximum Gasteiger partial charge on any atom is 0.0501 e. The summed E-state index contributed by atoms with van der Waals surface area (Å²) in [7, 11) is 0. The van der Waals surface area contributed by atoms with Gasteiger partial charge in [-0.25, -0.2) is 0 Å². The van der Waals surface area contributed by atoms with Gasteiger partial charge in [-0.2, -0.15) is 0 Å². The van der Waals surface area contributed by atoms with Crippen molar-refractivity contribution >= 4 is 5.69 Å². The van der Waals surface area contributed by atoms with E-state index < -0.39 is 0 Å². The number of nitrogens with zero attached hydrogens (tertiary/aromatic N) is 1. The van der Waals surface area contributed by atoms with Crippen LogP contribution in [0.25, 0.3) is 0 Å². The average molecular weight is 193 g/mol. The van der Waals surface area contributed by atoms with Crippen LogP contribution in [0, 0.1) is 5.92 Å². The van der Waals surface area contributed by atoms with Crippen LogP contribution in [0.4, 0.5) is 5.69 Å². The van der Waals surface area contributed by atoms with Gasteiger partial charge in [-0.15, -0.1) is 0 Å². The first-order valence-electron chi connectivity index (χ1n) is 5.09. The zero-order chi connectivity index (χ0) is 10.4. The second-order valence-corrected chi connectivity index (χ2v) is 3.93. The molecule has 0 amide bonds. The lowest BCUT2D eigenvalue weighted by molar-refractivity contribution is 0.552. The Morgan fingerprint density at radius 1 is 1.43 bits per heavy atom. The predicted molar refractivity (Wildman–Crippen MR) is 60.1 cm³/mol. The van der Waals surface area contributed by atoms with Gasteiger partial charge in [-0.3, -0.25) is 4.98 Å². The summed E-state index contributed by atoms with van der Waals surface area (Å²) in [5.41, 5.74) is 7.36. The number of hydrogen-bond donors (Lipinski definition) is 2. The Bertz CT molecular complexity index is 254. The van der Waals surface area contributed by atoms with Crippen molar-refractivity contribution in [3.05, 3.63) is 24.0 Å². The predicted octanol–water partition coefficient (Wildman–Crippen LogP) is 1.45. The lowest BCUT2D eigenvalue weighted by atomic mass is 10.2. The summed E-state index contributed by atoms with van der Waals surface area (Å²) in [6.07, 6.45) is 2.67. The summed E-state index contributed by atoms with van der Waals surface area (Å²) in [4.78, 5) is 4.23. The highest BCUT2D eigenvalue weighted by atomic mass is 14.9. The molecule has 0 atom stereocenters. The van der Waals surface area contributed by atoms with Crippen LogP contribution in [-0.4, -0.2) is 18.1 Å². The number of nitrogen functional groups attached to an aromatic ring is 1. The zero-order valence-corrected chi connectivity index (χ0v) is 8.96. The number of hydrogen-bond acceptors (Lipinski definition) is 3. The summed E-state index contributed by atoms with van der Waals surface area (Å²) in [6, 6.07) is 3.87. The monoisotopic (exact) mass is 193 g/mol. The Morgan fingerprint density at radius 2 is 2.21 bits per heavy atom. The second kappa shape index (κ2) is 5.60. The van der Waals surface area contributed by atoms with Gasteiger partial charge in [0.25, 0.3) is 0 Å². The van der Waals surface area contributed by atoms with E-state index in [-0.39, 0.29) is 0 Å². The first kappa shape index (κ1) is 11.0. The van der Waals surface area contributed by atoms with E-state index in [9.17, 15) is 0 Å². The molecule has 0 aliphatic heterocycles. The molecule has 0 fully saturated rings. The van der Waals surface area contributed by atoms with Crippen LogP contribution in [0.5, 0.6) is 0 Å². The van der Waals surface area contributed by atoms with Gasteiger partial charge in [-0.1, -0.05) is 13.8 Å². The Balaban J connectivity index is 2.21. The Morgan fingerprint density at radius 3 is 2.79 bits per heavy atom. The van der Waals surface area contributed by atoms with E-state index in [1.54, 1.807) is 6.20 Å². The van der Waals surface area contributed by atoms with Crippen molar-refractivity contribution in [3.8, 4) is 0 Å². The van der Waals surface area contributed by atoms with Crippen LogP contribution in [0.1, 0.15) is 19.5 Å². The third kappa shape index (κ3) is 4.23. The fourth-order valence-corrected chi connectivity index (χ4v) is 1.19. The highest BCUT2D eigenvalue weighted by Crippen LogP contribution is 2.01. The molecule has 0 radical (unpaired) electrons. The molecule has 0 aliphatic carbocycles. The molecule has 14 heavy (non-hydrogen) atoms. The number of pyridine rings is 1. The van der Waals surface area contributed by atoms with Crippen LogP contribution >= 0.6 is 0 Å². The van der Waals surface area contributed by atoms with E-state index in [1.165, 1.54) is 0 Å². The van der Waals surface area contributed by atoms with Crippen LogP contribution in [0.3, 0.4) is 0 Å². The van der Waals surface area contributed by atoms with Crippen LogP contribution in [0.2, 0.25) is 0 Å². The molecule has 3 N–H and O–H groups in total. The molecule has 1 aromatic heterocycles. The number of nitrogens with one attached hydrogen (secondary N) is 1. The lowest BCUT2D eigenvalue weighted by Crippen LogP contribution is -2.22. The van der Waals surface area contributed by atoms with E-state index >= 15 is 0 Å². The number of aromatic nitrogens is 1. The standard InChI is InChI=1S/C11H19N3/c1-9(2)7-13-6-5-11-4-3-10(12)8-14-11/h3-4,8-9,13H,5-7,12H2,1-2H3. The number of nitrogens with two attached hydrogens (primary N) is 1. The molecular weight excluding hydrogens is 174 g/mol. The summed E-state index contributed by atoms with van der Waals surface area (Å²) < 4.78 is 0. The van der Waals surface area contributed by atoms with Crippen molar-refractivity contribution in [1.82, 2.24) is 10.3 Å². The number of anilines is 1. The van der Waals surface area contributed by atoms with Crippen molar-refractivity contribution in [1.29, 1.82) is 0 Å². The third-order valence-electron chi connectivity index (χ3n) is 1.96. The van der Waals surface area contributed by atoms with E-state index in [1.807, 2.05) is 12.1 Å². The molecule has 0 unspecified atom stereocenters. The molecule has 0 spiro atoms. The number of rotatable bonds is 5. The molecule has 78 valence electrons. The molecule has 0 aliphatic rings. The Labute approximate surface area is 85.7 Å². The van der Waals surface area contributed by atoms with E-state index in [0.717, 1.165) is 30.9 Å². The maximum atomic E-state index is 5.54. The molecule has 1 aromatic rings. The Kier molecular flexibility index (Phi) is 4.40. The topological polar surface area (TPSA) is 50.9 Å². The van der Waals surface area contributed by atoms with Gasteiger partial charge >= 0.3 is 0 Å². The summed E-state index contributed by atoms with van der Waals surface area (Å²) >= 11 is 0. The summed E-state index contributed by atoms with van der Waals surface area (Å²) in [5, 5.41) is 3.38. The highest BCUT2D eigenvalue weighted by Gasteiger charge is 1.95. The SMILES string of the molecule is CC(C)CNCCc1ccc(N)cn1. The van der Waals surface area contributed by atoms with Crippen molar-refractivity contribution in [3.63, 3.8) is 0 Å². The van der Waals surface area contributed by atoms with Gasteiger partial charge in [-0.05, 0) is 24.6 Å². The van der Waals surface area contributed by atoms with E-state index in [4.69, 9.17) is 5.73 Å². The van der Waals surface area contributed by atoms with Crippen LogP contribution in [0.15, 0.2) is 18.3 Å². The van der Waals surface area contributed by atoms with Gasteiger partial charge in [0.2, 0.25) is 0 Å². The maximum absolute atomic E-state index is 5.54. The van der Waals surface area contributed by atoms with Gasteiger partial charge in [0.05, 0.1) is 11.9 Å². The smallest absolute Gasteiger partial charge is 0.0501 e. The molecule has 0 saturated heterocycles. The lowest BCUT2D eigenvalue weighted by Gasteiger charge is -2.06. The molecule has 1 rings (SSSR count). The molecule has 0 bridgehead atoms. The highest BCUT2D eigenvalue weighted by molar-refractivity contribution is 5.34. The molecule has 3 nitrogen and oxygen atoms in total. The molecule has 0 saturated carbocycles. The first-order valence-corrected chi connectivity index (χ1v) is 5.09. The van der Waals surface area contributed by atoms with Gasteiger partial charge in [0, 0.05) is 18.7 Å². The normalized spacial score (nSPS) is 10.8. The van der Waals surface area contributed by atoms with Crippen molar-refractivity contribution < 1.29 is 0 Å². The van der Waals surface area contributed by atoms with Crippen molar-refractivity contribution in [2.75, 3.05) is 18.8 Å². The fraction of sp³-hybridized carbons (Fsp3) is 0.545. The zero-order valence-electron chi connectivity index (χ0n) is 8.96. The second-order valence-electron chi connectivity index (χ2n) is 3.93. The van der Waals surface area contributed by atoms with E-state index in [0.29, 0.717) is 5.92 Å². The first-order chi connectivity index (χ1) is 6.68. The largest absolute Gasteiger partial charge is 0.397 e. The van der Waals surface area contributed by atoms with Crippen LogP contribution in [-0.2, 0) is 6.42 Å². The van der Waals surface area contributed by atoms with Gasteiger partial charge < -0.3 is 11.1 Å². The molecule has 0 aromatic carbocycles. The average Bonchev–Trinajstić information content (AvgIpc) is 2.15. The summed E-state index contributed by atoms with van der Waals surface area (Å²) in [6.45, 7) is 6.45. The minimum atomic E-state index is 0.703. The van der Waals surface area contributed by atoms with Gasteiger partial charge in [0.15, 0.2) is 0 Å². The minimum Gasteiger partial charge on any atom is -0.397 e. The quantitative estimate of drug-likeness (QED) is 0.696. The fourth-order valence-electron chi connectivity index (χ4n) is 1.19. The van der Waals surface area contributed by atoms with Gasteiger partial charge in [0.1, 0.15) is 0 Å². The molecular formula is C11H19N3. The van der Waals surface area contributed by atoms with Crippen molar-refractivity contribution in [2.45, 2.75) is 20.3 Å². The molecule has 1 heterocycles. The van der Waals surface area contributed by atoms with Crippen molar-refractivity contribution in [2.24, 2.45) is 5.92 Å².